The molecule has 0 amide bonds. The molecule has 0 aliphatic heterocycles. The van der Waals surface area contributed by atoms with Crippen molar-refractivity contribution in [1.82, 2.24) is 15.0 Å². The molecule has 0 bridgehead atoms. The smallest absolute Gasteiger partial charge is 0.338 e. The van der Waals surface area contributed by atoms with Gasteiger partial charge in [-0.3, -0.25) is 0 Å². The van der Waals surface area contributed by atoms with Crippen LogP contribution in [0.3, 0.4) is 0 Å². The minimum absolute atomic E-state index is 0.0920. The number of aryl methyl sites for hydroxylation is 1. The van der Waals surface area contributed by atoms with Gasteiger partial charge in [0.05, 0.1) is 38.1 Å². The van der Waals surface area contributed by atoms with Crippen LogP contribution in [-0.4, -0.2) is 47.4 Å². The lowest BCUT2D eigenvalue weighted by molar-refractivity contribution is 0.0699. The number of nitrogens with zero attached hydrogens (tertiary/aromatic N) is 2. The number of imidazole rings is 1. The van der Waals surface area contributed by atoms with Crippen LogP contribution in [0.5, 0.6) is 17.2 Å². The second-order valence-electron chi connectivity index (χ2n) is 5.30. The van der Waals surface area contributed by atoms with Gasteiger partial charge in [-0.1, -0.05) is 0 Å². The van der Waals surface area contributed by atoms with Gasteiger partial charge < -0.3 is 24.3 Å². The van der Waals surface area contributed by atoms with Crippen LogP contribution in [-0.2, 0) is 0 Å². The van der Waals surface area contributed by atoms with Gasteiger partial charge >= 0.3 is 5.97 Å². The zero-order valence-corrected chi connectivity index (χ0v) is 14.2. The van der Waals surface area contributed by atoms with Crippen molar-refractivity contribution in [2.75, 3.05) is 21.3 Å². The first kappa shape index (κ1) is 16.6. The number of aromatic carboxylic acids is 1. The molecule has 130 valence electrons. The molecule has 25 heavy (non-hydrogen) atoms. The van der Waals surface area contributed by atoms with Gasteiger partial charge in [-0.2, -0.15) is 0 Å². The number of aromatic amines is 1. The topological polar surface area (TPSA) is 107 Å². The number of pyridine rings is 1. The summed E-state index contributed by atoms with van der Waals surface area (Å²) in [7, 11) is 4.54. The number of rotatable bonds is 5. The largest absolute Gasteiger partial charge is 0.493 e. The summed E-state index contributed by atoms with van der Waals surface area (Å²) in [5, 5.41) is 9.50. The SMILES string of the molecule is COc1cc(-c2cc(C(=O)O)c3[nH]c(C)nc3n2)cc(OC)c1OC. The summed E-state index contributed by atoms with van der Waals surface area (Å²) >= 11 is 0. The first-order valence-corrected chi connectivity index (χ1v) is 7.39. The molecule has 2 heterocycles. The molecule has 0 spiro atoms. The Morgan fingerprint density at radius 1 is 1.04 bits per heavy atom. The van der Waals surface area contributed by atoms with Gasteiger partial charge in [-0.25, -0.2) is 14.8 Å². The van der Waals surface area contributed by atoms with E-state index in [-0.39, 0.29) is 5.56 Å². The van der Waals surface area contributed by atoms with E-state index in [4.69, 9.17) is 14.2 Å². The fourth-order valence-corrected chi connectivity index (χ4v) is 2.65. The number of benzene rings is 1. The lowest BCUT2D eigenvalue weighted by Crippen LogP contribution is -2.01. The van der Waals surface area contributed by atoms with E-state index >= 15 is 0 Å². The van der Waals surface area contributed by atoms with Crippen LogP contribution in [0.2, 0.25) is 0 Å². The van der Waals surface area contributed by atoms with Gasteiger partial charge in [0, 0.05) is 5.56 Å². The Labute approximate surface area is 143 Å². The number of carbonyl (C=O) groups is 1. The van der Waals surface area contributed by atoms with Gasteiger partial charge in [0.25, 0.3) is 0 Å². The predicted octanol–water partition coefficient (Wildman–Crippen LogP) is 2.66. The van der Waals surface area contributed by atoms with E-state index in [1.54, 1.807) is 19.1 Å². The molecular weight excluding hydrogens is 326 g/mol. The van der Waals surface area contributed by atoms with E-state index < -0.39 is 5.97 Å². The van der Waals surface area contributed by atoms with E-state index in [1.807, 2.05) is 0 Å². The Morgan fingerprint density at radius 2 is 1.68 bits per heavy atom. The third-order valence-electron chi connectivity index (χ3n) is 3.77. The monoisotopic (exact) mass is 343 g/mol. The van der Waals surface area contributed by atoms with Crippen LogP contribution in [0.15, 0.2) is 18.2 Å². The maximum absolute atomic E-state index is 11.6. The Hall–Kier alpha value is -3.29. The standard InChI is InChI=1S/C17H17N3O5/c1-8-18-14-10(17(21)22)7-11(20-16(14)19-8)9-5-12(23-2)15(25-4)13(6-9)24-3/h5-7H,1-4H3,(H,21,22)(H,18,19,20). The van der Waals surface area contributed by atoms with Crippen molar-refractivity contribution >= 4 is 17.1 Å². The number of carboxylic acids is 1. The van der Waals surface area contributed by atoms with Crippen molar-refractivity contribution in [2.45, 2.75) is 6.92 Å². The number of hydrogen-bond acceptors (Lipinski definition) is 6. The number of nitrogens with one attached hydrogen (secondary N) is 1. The highest BCUT2D eigenvalue weighted by molar-refractivity contribution is 6.01. The van der Waals surface area contributed by atoms with Crippen LogP contribution in [0.4, 0.5) is 0 Å². The van der Waals surface area contributed by atoms with E-state index in [9.17, 15) is 9.90 Å². The first-order valence-electron chi connectivity index (χ1n) is 7.39. The van der Waals surface area contributed by atoms with E-state index in [1.165, 1.54) is 27.4 Å². The number of aromatic nitrogens is 3. The molecule has 0 aliphatic carbocycles. The molecule has 0 radical (unpaired) electrons. The fourth-order valence-electron chi connectivity index (χ4n) is 2.65. The maximum Gasteiger partial charge on any atom is 0.338 e. The first-order chi connectivity index (χ1) is 12.0. The zero-order valence-electron chi connectivity index (χ0n) is 14.2. The van der Waals surface area contributed by atoms with Crippen LogP contribution in [0.1, 0.15) is 16.2 Å². The number of ether oxygens (including phenoxy) is 3. The maximum atomic E-state index is 11.6. The minimum Gasteiger partial charge on any atom is -0.493 e. The third-order valence-corrected chi connectivity index (χ3v) is 3.77. The summed E-state index contributed by atoms with van der Waals surface area (Å²) in [5.74, 6) is 0.878. The summed E-state index contributed by atoms with van der Waals surface area (Å²) in [5.41, 5.74) is 1.88. The van der Waals surface area contributed by atoms with E-state index in [0.717, 1.165) is 0 Å². The number of hydrogen-bond donors (Lipinski definition) is 2. The van der Waals surface area contributed by atoms with Crippen LogP contribution in [0, 0.1) is 6.92 Å². The molecule has 2 aromatic heterocycles. The molecule has 0 atom stereocenters. The average Bonchev–Trinajstić information content (AvgIpc) is 2.99. The summed E-state index contributed by atoms with van der Waals surface area (Å²) in [6.45, 7) is 1.74. The fraction of sp³-hybridized carbons (Fsp3) is 0.235. The van der Waals surface area contributed by atoms with Gasteiger partial charge in [0.15, 0.2) is 17.1 Å². The molecule has 0 fully saturated rings. The molecule has 0 saturated heterocycles. The van der Waals surface area contributed by atoms with Crippen molar-refractivity contribution < 1.29 is 24.1 Å². The summed E-state index contributed by atoms with van der Waals surface area (Å²) < 4.78 is 16.0. The van der Waals surface area contributed by atoms with Gasteiger partial charge in [-0.15, -0.1) is 0 Å². The molecular formula is C17H17N3O5. The Bertz CT molecular complexity index is 939. The summed E-state index contributed by atoms with van der Waals surface area (Å²) in [6, 6.07) is 4.91. The summed E-state index contributed by atoms with van der Waals surface area (Å²) in [4.78, 5) is 23.2. The number of H-pyrrole nitrogens is 1. The van der Waals surface area contributed by atoms with E-state index in [0.29, 0.717) is 45.5 Å². The third kappa shape index (κ3) is 2.82. The Morgan fingerprint density at radius 3 is 2.20 bits per heavy atom. The van der Waals surface area contributed by atoms with Crippen LogP contribution >= 0.6 is 0 Å². The highest BCUT2D eigenvalue weighted by atomic mass is 16.5. The second kappa shape index (κ2) is 6.31. The van der Waals surface area contributed by atoms with Crippen LogP contribution < -0.4 is 14.2 Å². The molecule has 8 heteroatoms. The normalized spacial score (nSPS) is 10.7. The minimum atomic E-state index is -1.07. The molecule has 0 aliphatic rings. The number of fused-ring (bicyclic) bond motifs is 1. The van der Waals surface area contributed by atoms with Crippen molar-refractivity contribution in [3.63, 3.8) is 0 Å². The van der Waals surface area contributed by atoms with Crippen LogP contribution in [0.25, 0.3) is 22.4 Å². The lowest BCUT2D eigenvalue weighted by atomic mass is 10.1. The molecule has 0 unspecified atom stereocenters. The highest BCUT2D eigenvalue weighted by Gasteiger charge is 2.19. The molecule has 3 aromatic rings. The molecule has 2 N–H and O–H groups in total. The Balaban J connectivity index is 2.27. The van der Waals surface area contributed by atoms with Crippen molar-refractivity contribution in [3.8, 4) is 28.5 Å². The second-order valence-corrected chi connectivity index (χ2v) is 5.30. The molecule has 1 aromatic carbocycles. The van der Waals surface area contributed by atoms with Crippen molar-refractivity contribution in [1.29, 1.82) is 0 Å². The Kier molecular flexibility index (Phi) is 4.18. The molecule has 8 nitrogen and oxygen atoms in total. The number of carboxylic acid groups (broad SMARTS) is 1. The molecule has 3 rings (SSSR count). The van der Waals surface area contributed by atoms with Crippen molar-refractivity contribution in [3.05, 3.63) is 29.6 Å². The van der Waals surface area contributed by atoms with Gasteiger partial charge in [0.1, 0.15) is 5.82 Å². The number of methoxy groups -OCH3 is 3. The summed E-state index contributed by atoms with van der Waals surface area (Å²) in [6.07, 6.45) is 0. The lowest BCUT2D eigenvalue weighted by Gasteiger charge is -2.14. The van der Waals surface area contributed by atoms with E-state index in [2.05, 4.69) is 15.0 Å². The quantitative estimate of drug-likeness (QED) is 0.733. The highest BCUT2D eigenvalue weighted by Crippen LogP contribution is 2.41. The average molecular weight is 343 g/mol. The molecule has 0 saturated carbocycles. The van der Waals surface area contributed by atoms with Crippen molar-refractivity contribution in [2.24, 2.45) is 0 Å². The zero-order chi connectivity index (χ0) is 18.1. The predicted molar refractivity (Wildman–Crippen MR) is 90.7 cm³/mol. The van der Waals surface area contributed by atoms with Gasteiger partial charge in [-0.05, 0) is 25.1 Å². The van der Waals surface area contributed by atoms with Gasteiger partial charge in [0.2, 0.25) is 5.75 Å².